The second-order valence-electron chi connectivity index (χ2n) is 4.31. The monoisotopic (exact) mass is 268 g/mol. The first-order valence-electron chi connectivity index (χ1n) is 6.01. The van der Waals surface area contributed by atoms with Gasteiger partial charge >= 0.3 is 0 Å². The number of aromatic nitrogens is 1. The number of pyridine rings is 1. The topological polar surface area (TPSA) is 78.4 Å². The van der Waals surface area contributed by atoms with E-state index in [9.17, 15) is 4.79 Å². The number of carbonyl (C=O) groups is 1. The average Bonchev–Trinajstić information content (AvgIpc) is 2.90. The molecule has 1 amide bonds. The number of nitrogens with two attached hydrogens (primary N) is 1. The van der Waals surface area contributed by atoms with Gasteiger partial charge in [0, 0.05) is 11.6 Å². The van der Waals surface area contributed by atoms with Crippen molar-refractivity contribution >= 4 is 16.9 Å². The SMILES string of the molecule is COc1ccc2oc(-c3ccc(C(N)=O)cn3)cc2c1. The molecule has 0 atom stereocenters. The van der Waals surface area contributed by atoms with Gasteiger partial charge in [-0.1, -0.05) is 0 Å². The number of methoxy groups -OCH3 is 1. The van der Waals surface area contributed by atoms with Gasteiger partial charge in [-0.2, -0.15) is 0 Å². The number of fused-ring (bicyclic) bond motifs is 1. The Balaban J connectivity index is 2.03. The summed E-state index contributed by atoms with van der Waals surface area (Å²) in [6.07, 6.45) is 1.44. The molecule has 0 bridgehead atoms. The molecule has 1 aromatic carbocycles. The minimum absolute atomic E-state index is 0.367. The fourth-order valence-corrected chi connectivity index (χ4v) is 1.96. The van der Waals surface area contributed by atoms with Gasteiger partial charge in [0.05, 0.1) is 12.7 Å². The number of rotatable bonds is 3. The third-order valence-corrected chi connectivity index (χ3v) is 3.02. The highest BCUT2D eigenvalue weighted by atomic mass is 16.5. The van der Waals surface area contributed by atoms with E-state index in [2.05, 4.69) is 4.98 Å². The van der Waals surface area contributed by atoms with Gasteiger partial charge in [0.2, 0.25) is 5.91 Å². The lowest BCUT2D eigenvalue weighted by molar-refractivity contribution is 0.1000. The minimum atomic E-state index is -0.501. The lowest BCUT2D eigenvalue weighted by Gasteiger charge is -1.97. The van der Waals surface area contributed by atoms with Crippen LogP contribution in [-0.2, 0) is 0 Å². The van der Waals surface area contributed by atoms with Gasteiger partial charge in [0.25, 0.3) is 0 Å². The van der Waals surface area contributed by atoms with Gasteiger partial charge in [0.15, 0.2) is 5.76 Å². The number of primary amides is 1. The number of carbonyl (C=O) groups excluding carboxylic acids is 1. The van der Waals surface area contributed by atoms with Gasteiger partial charge in [-0.05, 0) is 36.4 Å². The second kappa shape index (κ2) is 4.70. The Labute approximate surface area is 115 Å². The van der Waals surface area contributed by atoms with Crippen LogP contribution in [0.5, 0.6) is 5.75 Å². The number of nitrogens with zero attached hydrogens (tertiary/aromatic N) is 1. The fraction of sp³-hybridized carbons (Fsp3) is 0.0667. The van der Waals surface area contributed by atoms with Crippen LogP contribution in [-0.4, -0.2) is 18.0 Å². The van der Waals surface area contributed by atoms with E-state index in [-0.39, 0.29) is 0 Å². The summed E-state index contributed by atoms with van der Waals surface area (Å²) in [5, 5.41) is 0.931. The van der Waals surface area contributed by atoms with Gasteiger partial charge in [-0.3, -0.25) is 9.78 Å². The van der Waals surface area contributed by atoms with Gasteiger partial charge in [0.1, 0.15) is 17.0 Å². The average molecular weight is 268 g/mol. The van der Waals surface area contributed by atoms with Crippen molar-refractivity contribution in [2.24, 2.45) is 5.73 Å². The minimum Gasteiger partial charge on any atom is -0.497 e. The molecule has 0 saturated carbocycles. The summed E-state index contributed by atoms with van der Waals surface area (Å²) < 4.78 is 10.9. The lowest BCUT2D eigenvalue weighted by Crippen LogP contribution is -2.10. The number of amides is 1. The standard InChI is InChI=1S/C15H12N2O3/c1-19-11-3-5-13-10(6-11)7-14(20-13)12-4-2-9(8-17-12)15(16)18/h2-8H,1H3,(H2,16,18). The van der Waals surface area contributed by atoms with Crippen LogP contribution in [0.15, 0.2) is 47.0 Å². The van der Waals surface area contributed by atoms with Crippen molar-refractivity contribution in [2.45, 2.75) is 0 Å². The second-order valence-corrected chi connectivity index (χ2v) is 4.31. The molecule has 5 nitrogen and oxygen atoms in total. The summed E-state index contributed by atoms with van der Waals surface area (Å²) in [6, 6.07) is 10.8. The van der Waals surface area contributed by atoms with Crippen LogP contribution in [0.2, 0.25) is 0 Å². The summed E-state index contributed by atoms with van der Waals surface area (Å²) in [4.78, 5) is 15.2. The quantitative estimate of drug-likeness (QED) is 0.792. The zero-order valence-electron chi connectivity index (χ0n) is 10.8. The Morgan fingerprint density at radius 2 is 2.10 bits per heavy atom. The summed E-state index contributed by atoms with van der Waals surface area (Å²) in [7, 11) is 1.62. The molecule has 100 valence electrons. The third-order valence-electron chi connectivity index (χ3n) is 3.02. The van der Waals surface area contributed by atoms with Crippen molar-refractivity contribution in [1.29, 1.82) is 0 Å². The molecule has 0 spiro atoms. The summed E-state index contributed by atoms with van der Waals surface area (Å²) in [5.41, 5.74) is 6.94. The highest BCUT2D eigenvalue weighted by Gasteiger charge is 2.09. The molecule has 0 aliphatic rings. The van der Waals surface area contributed by atoms with Crippen LogP contribution in [0.3, 0.4) is 0 Å². The molecule has 0 aliphatic carbocycles. The van der Waals surface area contributed by atoms with Crippen LogP contribution in [0.25, 0.3) is 22.4 Å². The van der Waals surface area contributed by atoms with Crippen LogP contribution in [0.1, 0.15) is 10.4 Å². The molecular formula is C15H12N2O3. The van der Waals surface area contributed by atoms with Crippen molar-refractivity contribution < 1.29 is 13.9 Å². The number of furan rings is 1. The largest absolute Gasteiger partial charge is 0.497 e. The van der Waals surface area contributed by atoms with Crippen molar-refractivity contribution in [3.05, 3.63) is 48.2 Å². The van der Waals surface area contributed by atoms with E-state index in [1.54, 1.807) is 19.2 Å². The number of hydrogen-bond acceptors (Lipinski definition) is 4. The molecule has 2 N–H and O–H groups in total. The van der Waals surface area contributed by atoms with Crippen LogP contribution in [0, 0.1) is 0 Å². The number of ether oxygens (including phenoxy) is 1. The van der Waals surface area contributed by atoms with Crippen LogP contribution < -0.4 is 10.5 Å². The lowest BCUT2D eigenvalue weighted by atomic mass is 10.2. The predicted molar refractivity (Wildman–Crippen MR) is 74.5 cm³/mol. The van der Waals surface area contributed by atoms with Gasteiger partial charge in [-0.15, -0.1) is 0 Å². The summed E-state index contributed by atoms with van der Waals surface area (Å²) >= 11 is 0. The van der Waals surface area contributed by atoms with E-state index in [4.69, 9.17) is 14.9 Å². The maximum atomic E-state index is 11.0. The zero-order valence-corrected chi connectivity index (χ0v) is 10.8. The van der Waals surface area contributed by atoms with Gasteiger partial charge in [-0.25, -0.2) is 0 Å². The molecule has 0 radical (unpaired) electrons. The molecule has 2 heterocycles. The van der Waals surface area contributed by atoms with Crippen molar-refractivity contribution in [3.63, 3.8) is 0 Å². The van der Waals surface area contributed by atoms with E-state index < -0.39 is 5.91 Å². The highest BCUT2D eigenvalue weighted by molar-refractivity contribution is 5.92. The molecule has 0 fully saturated rings. The highest BCUT2D eigenvalue weighted by Crippen LogP contribution is 2.29. The Bertz CT molecular complexity index is 775. The van der Waals surface area contributed by atoms with Gasteiger partial charge < -0.3 is 14.9 Å². The maximum Gasteiger partial charge on any atom is 0.250 e. The molecule has 2 aromatic heterocycles. The smallest absolute Gasteiger partial charge is 0.250 e. The zero-order chi connectivity index (χ0) is 14.1. The Hall–Kier alpha value is -2.82. The normalized spacial score (nSPS) is 10.7. The van der Waals surface area contributed by atoms with Crippen molar-refractivity contribution in [2.75, 3.05) is 7.11 Å². The number of benzene rings is 1. The van der Waals surface area contributed by atoms with E-state index in [1.165, 1.54) is 6.20 Å². The Morgan fingerprint density at radius 3 is 2.75 bits per heavy atom. The van der Waals surface area contributed by atoms with Crippen LogP contribution >= 0.6 is 0 Å². The van der Waals surface area contributed by atoms with E-state index in [0.717, 1.165) is 16.7 Å². The first-order chi connectivity index (χ1) is 9.67. The molecule has 0 saturated heterocycles. The molecule has 0 aliphatic heterocycles. The van der Waals surface area contributed by atoms with Crippen LogP contribution in [0.4, 0.5) is 0 Å². The molecule has 3 rings (SSSR count). The number of hydrogen-bond donors (Lipinski definition) is 1. The fourth-order valence-electron chi connectivity index (χ4n) is 1.96. The first kappa shape index (κ1) is 12.2. The summed E-state index contributed by atoms with van der Waals surface area (Å²) in [6.45, 7) is 0. The molecule has 3 aromatic rings. The molecule has 20 heavy (non-hydrogen) atoms. The van der Waals surface area contributed by atoms with Crippen molar-refractivity contribution in [1.82, 2.24) is 4.98 Å². The Kier molecular flexibility index (Phi) is 2.87. The Morgan fingerprint density at radius 1 is 1.25 bits per heavy atom. The van der Waals surface area contributed by atoms with E-state index >= 15 is 0 Å². The van der Waals surface area contributed by atoms with E-state index in [1.807, 2.05) is 24.3 Å². The molecule has 0 unspecified atom stereocenters. The first-order valence-corrected chi connectivity index (χ1v) is 6.01. The van der Waals surface area contributed by atoms with E-state index in [0.29, 0.717) is 17.0 Å². The predicted octanol–water partition coefficient (Wildman–Crippen LogP) is 2.60. The summed E-state index contributed by atoms with van der Waals surface area (Å²) in [5.74, 6) is 0.893. The van der Waals surface area contributed by atoms with Crippen molar-refractivity contribution in [3.8, 4) is 17.2 Å². The third kappa shape index (κ3) is 2.09. The molecule has 5 heteroatoms. The maximum absolute atomic E-state index is 11.0. The molecular weight excluding hydrogens is 256 g/mol.